The molecule has 5 heteroatoms. The molecule has 2 aromatic carbocycles. The number of anilines is 1. The Bertz CT molecular complexity index is 959. The smallest absolute Gasteiger partial charge is 0.190 e. The van der Waals surface area contributed by atoms with Crippen LogP contribution in [0.4, 0.5) is 5.82 Å². The molecule has 0 fully saturated rings. The minimum absolute atomic E-state index is 0.00143. The molecule has 3 aromatic rings. The van der Waals surface area contributed by atoms with Crippen LogP contribution in [0, 0.1) is 0 Å². The van der Waals surface area contributed by atoms with Crippen molar-refractivity contribution >= 4 is 11.6 Å². The fraction of sp³-hybridized carbons (Fsp3) is 0.182. The second kappa shape index (κ2) is 7.50. The molecule has 0 saturated heterocycles. The number of benzene rings is 2. The fourth-order valence-corrected chi connectivity index (χ4v) is 3.22. The number of hydrogen-bond donors (Lipinski definition) is 0. The summed E-state index contributed by atoms with van der Waals surface area (Å²) in [5, 5.41) is 4.73. The van der Waals surface area contributed by atoms with E-state index in [1.807, 2.05) is 59.4 Å². The van der Waals surface area contributed by atoms with Crippen LogP contribution in [0.5, 0.6) is 5.75 Å². The van der Waals surface area contributed by atoms with E-state index < -0.39 is 0 Å². The second-order valence-corrected chi connectivity index (χ2v) is 6.54. The largest absolute Gasteiger partial charge is 0.497 e. The molecular formula is C22H21N3O2. The third-order valence-corrected chi connectivity index (χ3v) is 4.62. The lowest BCUT2D eigenvalue weighted by Gasteiger charge is -2.20. The highest BCUT2D eigenvalue weighted by Crippen LogP contribution is 2.24. The zero-order valence-electron chi connectivity index (χ0n) is 15.2. The molecule has 0 atom stereocenters. The average molecular weight is 359 g/mol. The van der Waals surface area contributed by atoms with E-state index in [1.54, 1.807) is 13.2 Å². The lowest BCUT2D eigenvalue weighted by molar-refractivity contribution is 0.104. The van der Waals surface area contributed by atoms with Crippen LogP contribution in [0.15, 0.2) is 72.9 Å². The van der Waals surface area contributed by atoms with Crippen LogP contribution in [0.2, 0.25) is 0 Å². The first-order valence-corrected chi connectivity index (χ1v) is 8.93. The maximum absolute atomic E-state index is 12.5. The molecule has 136 valence electrons. The number of methoxy groups -OCH3 is 1. The Hall–Kier alpha value is -3.34. The van der Waals surface area contributed by atoms with Crippen molar-refractivity contribution in [1.29, 1.82) is 0 Å². The minimum Gasteiger partial charge on any atom is -0.497 e. The molecule has 0 unspecified atom stereocenters. The van der Waals surface area contributed by atoms with Crippen molar-refractivity contribution in [1.82, 2.24) is 9.78 Å². The van der Waals surface area contributed by atoms with Crippen molar-refractivity contribution in [2.45, 2.75) is 13.1 Å². The molecule has 1 aliphatic heterocycles. The van der Waals surface area contributed by atoms with Gasteiger partial charge in [-0.25, -0.2) is 0 Å². The standard InChI is InChI=1S/C22H21N3O2/c1-27-19-11-9-18(10-12-19)15-25-16-20-21(26)8-5-13-24(22(20)23-25)14-17-6-3-2-4-7-17/h2-12,16H,13-15H2,1H3. The van der Waals surface area contributed by atoms with Gasteiger partial charge < -0.3 is 9.64 Å². The normalized spacial score (nSPS) is 13.4. The number of aromatic nitrogens is 2. The van der Waals surface area contributed by atoms with Crippen molar-refractivity contribution < 1.29 is 9.53 Å². The molecule has 27 heavy (non-hydrogen) atoms. The summed E-state index contributed by atoms with van der Waals surface area (Å²) < 4.78 is 7.04. The zero-order valence-corrected chi connectivity index (χ0v) is 15.2. The number of carbonyl (C=O) groups excluding carboxylic acids is 1. The van der Waals surface area contributed by atoms with Crippen LogP contribution in [0.1, 0.15) is 21.5 Å². The minimum atomic E-state index is 0.00143. The molecule has 1 aromatic heterocycles. The van der Waals surface area contributed by atoms with E-state index in [-0.39, 0.29) is 5.78 Å². The number of ketones is 1. The van der Waals surface area contributed by atoms with Crippen LogP contribution >= 0.6 is 0 Å². The zero-order chi connectivity index (χ0) is 18.6. The van der Waals surface area contributed by atoms with Gasteiger partial charge in [0.1, 0.15) is 5.75 Å². The quantitative estimate of drug-likeness (QED) is 0.697. The molecule has 5 nitrogen and oxygen atoms in total. The van der Waals surface area contributed by atoms with Crippen LogP contribution in [0.3, 0.4) is 0 Å². The number of nitrogens with zero attached hydrogens (tertiary/aromatic N) is 3. The van der Waals surface area contributed by atoms with Gasteiger partial charge in [-0.3, -0.25) is 9.48 Å². The van der Waals surface area contributed by atoms with Crippen molar-refractivity contribution in [3.8, 4) is 5.75 Å². The Balaban J connectivity index is 1.61. The lowest BCUT2D eigenvalue weighted by atomic mass is 10.2. The number of rotatable bonds is 5. The Morgan fingerprint density at radius 2 is 1.74 bits per heavy atom. The first-order chi connectivity index (χ1) is 13.2. The van der Waals surface area contributed by atoms with E-state index in [0.717, 1.165) is 17.1 Å². The van der Waals surface area contributed by atoms with E-state index in [4.69, 9.17) is 9.84 Å². The van der Waals surface area contributed by atoms with Crippen LogP contribution in [-0.2, 0) is 13.1 Å². The number of carbonyl (C=O) groups is 1. The number of allylic oxidation sites excluding steroid dienone is 1. The van der Waals surface area contributed by atoms with Gasteiger partial charge in [0, 0.05) is 19.3 Å². The molecule has 2 heterocycles. The van der Waals surface area contributed by atoms with Crippen LogP contribution < -0.4 is 9.64 Å². The average Bonchev–Trinajstić information content (AvgIpc) is 3.06. The number of fused-ring (bicyclic) bond motifs is 1. The van der Waals surface area contributed by atoms with E-state index in [2.05, 4.69) is 17.0 Å². The summed E-state index contributed by atoms with van der Waals surface area (Å²) in [4.78, 5) is 14.6. The van der Waals surface area contributed by atoms with Gasteiger partial charge in [-0.15, -0.1) is 0 Å². The van der Waals surface area contributed by atoms with Crippen LogP contribution in [0.25, 0.3) is 0 Å². The monoisotopic (exact) mass is 359 g/mol. The second-order valence-electron chi connectivity index (χ2n) is 6.54. The highest BCUT2D eigenvalue weighted by Gasteiger charge is 2.22. The molecule has 0 spiro atoms. The summed E-state index contributed by atoms with van der Waals surface area (Å²) in [6.07, 6.45) is 5.39. The van der Waals surface area contributed by atoms with Gasteiger partial charge in [-0.2, -0.15) is 5.10 Å². The summed E-state index contributed by atoms with van der Waals surface area (Å²) in [7, 11) is 1.65. The number of hydrogen-bond acceptors (Lipinski definition) is 4. The van der Waals surface area contributed by atoms with Gasteiger partial charge in [0.05, 0.1) is 19.2 Å². The molecule has 0 amide bonds. The highest BCUT2D eigenvalue weighted by atomic mass is 16.5. The number of ether oxygens (including phenoxy) is 1. The molecular weight excluding hydrogens is 338 g/mol. The first kappa shape index (κ1) is 17.1. The van der Waals surface area contributed by atoms with Gasteiger partial charge in [0.25, 0.3) is 0 Å². The highest BCUT2D eigenvalue weighted by molar-refractivity contribution is 6.08. The van der Waals surface area contributed by atoms with Crippen molar-refractivity contribution in [2.24, 2.45) is 0 Å². The summed E-state index contributed by atoms with van der Waals surface area (Å²) in [5.41, 5.74) is 2.94. The molecule has 0 bridgehead atoms. The van der Waals surface area contributed by atoms with Gasteiger partial charge in [0.15, 0.2) is 11.6 Å². The van der Waals surface area contributed by atoms with Crippen molar-refractivity contribution in [3.05, 3.63) is 89.6 Å². The third kappa shape index (κ3) is 3.77. The summed E-state index contributed by atoms with van der Waals surface area (Å²) >= 11 is 0. The van der Waals surface area contributed by atoms with Gasteiger partial charge in [0.2, 0.25) is 0 Å². The van der Waals surface area contributed by atoms with E-state index in [0.29, 0.717) is 25.2 Å². The van der Waals surface area contributed by atoms with E-state index in [1.165, 1.54) is 5.56 Å². The molecule has 1 aliphatic rings. The molecule has 0 aliphatic carbocycles. The summed E-state index contributed by atoms with van der Waals surface area (Å²) in [6, 6.07) is 18.1. The maximum Gasteiger partial charge on any atom is 0.190 e. The van der Waals surface area contributed by atoms with Gasteiger partial charge in [-0.1, -0.05) is 48.5 Å². The predicted molar refractivity (Wildman–Crippen MR) is 105 cm³/mol. The Kier molecular flexibility index (Phi) is 4.75. The summed E-state index contributed by atoms with van der Waals surface area (Å²) in [6.45, 7) is 1.98. The third-order valence-electron chi connectivity index (χ3n) is 4.62. The molecule has 0 N–H and O–H groups in total. The molecule has 0 saturated carbocycles. The molecule has 4 rings (SSSR count). The van der Waals surface area contributed by atoms with Crippen molar-refractivity contribution in [2.75, 3.05) is 18.6 Å². The van der Waals surface area contributed by atoms with Crippen molar-refractivity contribution in [3.63, 3.8) is 0 Å². The first-order valence-electron chi connectivity index (χ1n) is 8.93. The van der Waals surface area contributed by atoms with E-state index >= 15 is 0 Å². The Morgan fingerprint density at radius 1 is 1.00 bits per heavy atom. The Morgan fingerprint density at radius 3 is 2.48 bits per heavy atom. The van der Waals surface area contributed by atoms with Gasteiger partial charge >= 0.3 is 0 Å². The lowest BCUT2D eigenvalue weighted by Crippen LogP contribution is -2.23. The van der Waals surface area contributed by atoms with E-state index in [9.17, 15) is 4.79 Å². The van der Waals surface area contributed by atoms with Gasteiger partial charge in [-0.05, 0) is 29.3 Å². The predicted octanol–water partition coefficient (Wildman–Crippen LogP) is 3.70. The topological polar surface area (TPSA) is 47.4 Å². The fourth-order valence-electron chi connectivity index (χ4n) is 3.22. The SMILES string of the molecule is COc1ccc(Cn2cc3c(n2)N(Cc2ccccc2)CC=CC3=O)cc1. The summed E-state index contributed by atoms with van der Waals surface area (Å²) in [5.74, 6) is 1.56. The molecule has 0 radical (unpaired) electrons. The Labute approximate surface area is 158 Å². The van der Waals surface area contributed by atoms with Crippen LogP contribution in [-0.4, -0.2) is 29.2 Å². The maximum atomic E-state index is 12.5.